The van der Waals surface area contributed by atoms with Gasteiger partial charge in [-0.25, -0.2) is 4.79 Å². The third-order valence-corrected chi connectivity index (χ3v) is 1.91. The lowest BCUT2D eigenvalue weighted by Crippen LogP contribution is -2.34. The van der Waals surface area contributed by atoms with Crippen LogP contribution in [0.5, 0.6) is 0 Å². The molecule has 5 nitrogen and oxygen atoms in total. The van der Waals surface area contributed by atoms with Crippen molar-refractivity contribution in [2.45, 2.75) is 20.0 Å². The Bertz CT molecular complexity index is 218. The molecule has 0 aromatic rings. The molecule has 0 atom stereocenters. The number of carbonyl (C=O) groups is 1. The molecule has 0 aromatic heterocycles. The van der Waals surface area contributed by atoms with Crippen LogP contribution in [-0.4, -0.2) is 47.2 Å². The van der Waals surface area contributed by atoms with E-state index in [0.717, 1.165) is 6.08 Å². The van der Waals surface area contributed by atoms with Crippen molar-refractivity contribution in [1.82, 2.24) is 0 Å². The Morgan fingerprint density at radius 1 is 1.40 bits per heavy atom. The second kappa shape index (κ2) is 6.55. The summed E-state index contributed by atoms with van der Waals surface area (Å²) >= 11 is 0. The first-order chi connectivity index (χ1) is 6.95. The molecule has 0 aromatic carbocycles. The summed E-state index contributed by atoms with van der Waals surface area (Å²) in [4.78, 5) is 10.3. The van der Waals surface area contributed by atoms with E-state index < -0.39 is 11.4 Å². The van der Waals surface area contributed by atoms with Crippen molar-refractivity contribution in [3.05, 3.63) is 12.2 Å². The van der Waals surface area contributed by atoms with Crippen LogP contribution < -0.4 is 0 Å². The highest BCUT2D eigenvalue weighted by Gasteiger charge is 2.26. The fourth-order valence-electron chi connectivity index (χ4n) is 0.876. The molecular formula is C10H18O5. The molecular weight excluding hydrogens is 200 g/mol. The largest absolute Gasteiger partial charge is 0.478 e. The van der Waals surface area contributed by atoms with E-state index in [1.807, 2.05) is 13.8 Å². The number of aliphatic hydroxyl groups is 2. The lowest BCUT2D eigenvalue weighted by atomic mass is 9.90. The van der Waals surface area contributed by atoms with Gasteiger partial charge in [0.1, 0.15) is 0 Å². The molecule has 15 heavy (non-hydrogen) atoms. The third kappa shape index (κ3) is 5.51. The average molecular weight is 218 g/mol. The zero-order valence-corrected chi connectivity index (χ0v) is 9.01. The highest BCUT2D eigenvalue weighted by Crippen LogP contribution is 2.19. The zero-order valence-electron chi connectivity index (χ0n) is 9.01. The van der Waals surface area contributed by atoms with Gasteiger partial charge < -0.3 is 20.1 Å². The Hall–Kier alpha value is -0.910. The SMILES string of the molecule is CC(C)OCC(/C=C/C(=O)O)(CO)CO. The number of hydrogen-bond acceptors (Lipinski definition) is 4. The molecule has 0 radical (unpaired) electrons. The first-order valence-electron chi connectivity index (χ1n) is 4.71. The summed E-state index contributed by atoms with van der Waals surface area (Å²) in [7, 11) is 0. The highest BCUT2D eigenvalue weighted by atomic mass is 16.5. The molecule has 0 spiro atoms. The molecule has 3 N–H and O–H groups in total. The minimum Gasteiger partial charge on any atom is -0.478 e. The van der Waals surface area contributed by atoms with Crippen molar-refractivity contribution >= 4 is 5.97 Å². The monoisotopic (exact) mass is 218 g/mol. The van der Waals surface area contributed by atoms with Crippen LogP contribution in [0.2, 0.25) is 0 Å². The quantitative estimate of drug-likeness (QED) is 0.524. The molecule has 0 rings (SSSR count). The van der Waals surface area contributed by atoms with Crippen LogP contribution in [0.4, 0.5) is 0 Å². The number of ether oxygens (including phenoxy) is 1. The zero-order chi connectivity index (χ0) is 11.9. The fraction of sp³-hybridized carbons (Fsp3) is 0.700. The van der Waals surface area contributed by atoms with Gasteiger partial charge in [0.05, 0.1) is 31.3 Å². The molecule has 88 valence electrons. The maximum Gasteiger partial charge on any atom is 0.328 e. The third-order valence-electron chi connectivity index (χ3n) is 1.91. The van der Waals surface area contributed by atoms with Gasteiger partial charge in [0.15, 0.2) is 0 Å². The van der Waals surface area contributed by atoms with Crippen LogP contribution in [0, 0.1) is 5.41 Å². The Morgan fingerprint density at radius 3 is 2.27 bits per heavy atom. The van der Waals surface area contributed by atoms with E-state index in [9.17, 15) is 4.79 Å². The molecule has 0 unspecified atom stereocenters. The summed E-state index contributed by atoms with van der Waals surface area (Å²) < 4.78 is 5.26. The van der Waals surface area contributed by atoms with E-state index in [1.54, 1.807) is 0 Å². The van der Waals surface area contributed by atoms with Crippen LogP contribution in [0.3, 0.4) is 0 Å². The number of carboxylic acid groups (broad SMARTS) is 1. The molecule has 0 heterocycles. The number of aliphatic hydroxyl groups excluding tert-OH is 2. The summed E-state index contributed by atoms with van der Waals surface area (Å²) in [6, 6.07) is 0. The predicted molar refractivity (Wildman–Crippen MR) is 54.5 cm³/mol. The first-order valence-corrected chi connectivity index (χ1v) is 4.71. The fourth-order valence-corrected chi connectivity index (χ4v) is 0.876. The van der Waals surface area contributed by atoms with Gasteiger partial charge in [0.25, 0.3) is 0 Å². The maximum absolute atomic E-state index is 10.3. The van der Waals surface area contributed by atoms with Crippen molar-refractivity contribution in [3.8, 4) is 0 Å². The van der Waals surface area contributed by atoms with Crippen LogP contribution in [0.25, 0.3) is 0 Å². The highest BCUT2D eigenvalue weighted by molar-refractivity contribution is 5.79. The molecule has 0 saturated heterocycles. The summed E-state index contributed by atoms with van der Waals surface area (Å²) in [5.41, 5.74) is -1.03. The van der Waals surface area contributed by atoms with E-state index in [0.29, 0.717) is 0 Å². The smallest absolute Gasteiger partial charge is 0.328 e. The number of rotatable bonds is 7. The van der Waals surface area contributed by atoms with Gasteiger partial charge in [-0.15, -0.1) is 0 Å². The van der Waals surface area contributed by atoms with Gasteiger partial charge in [-0.2, -0.15) is 0 Å². The number of hydrogen-bond donors (Lipinski definition) is 3. The standard InChI is InChI=1S/C10H18O5/c1-8(2)15-7-10(5-11,6-12)4-3-9(13)14/h3-4,8,11-12H,5-7H2,1-2H3,(H,13,14)/b4-3+. The van der Waals surface area contributed by atoms with Crippen molar-refractivity contribution in [3.63, 3.8) is 0 Å². The average Bonchev–Trinajstić information content (AvgIpc) is 2.19. The van der Waals surface area contributed by atoms with E-state index in [4.69, 9.17) is 20.1 Å². The van der Waals surface area contributed by atoms with E-state index >= 15 is 0 Å². The molecule has 0 amide bonds. The molecule has 0 bridgehead atoms. The number of aliphatic carboxylic acids is 1. The van der Waals surface area contributed by atoms with E-state index in [2.05, 4.69) is 0 Å². The Morgan fingerprint density at radius 2 is 1.93 bits per heavy atom. The molecule has 0 fully saturated rings. The summed E-state index contributed by atoms with van der Waals surface area (Å²) in [5, 5.41) is 26.7. The van der Waals surface area contributed by atoms with Gasteiger partial charge in [0, 0.05) is 6.08 Å². The van der Waals surface area contributed by atoms with E-state index in [-0.39, 0.29) is 25.9 Å². The Kier molecular flexibility index (Phi) is 6.15. The minimum absolute atomic E-state index is 0.0410. The minimum atomic E-state index is -1.12. The van der Waals surface area contributed by atoms with Crippen LogP contribution in [-0.2, 0) is 9.53 Å². The van der Waals surface area contributed by atoms with Gasteiger partial charge in [-0.3, -0.25) is 0 Å². The molecule has 0 saturated carbocycles. The topological polar surface area (TPSA) is 87.0 Å². The van der Waals surface area contributed by atoms with Gasteiger partial charge in [-0.1, -0.05) is 6.08 Å². The van der Waals surface area contributed by atoms with Crippen molar-refractivity contribution in [2.24, 2.45) is 5.41 Å². The van der Waals surface area contributed by atoms with Gasteiger partial charge in [0.2, 0.25) is 0 Å². The lowest BCUT2D eigenvalue weighted by Gasteiger charge is -2.26. The van der Waals surface area contributed by atoms with Crippen LogP contribution >= 0.6 is 0 Å². The maximum atomic E-state index is 10.3. The predicted octanol–water partition coefficient (Wildman–Crippen LogP) is 0.0232. The van der Waals surface area contributed by atoms with Crippen molar-refractivity contribution in [1.29, 1.82) is 0 Å². The number of carboxylic acids is 1. The van der Waals surface area contributed by atoms with Gasteiger partial charge in [-0.05, 0) is 13.8 Å². The van der Waals surface area contributed by atoms with Gasteiger partial charge >= 0.3 is 5.97 Å². The lowest BCUT2D eigenvalue weighted by molar-refractivity contribution is -0.131. The summed E-state index contributed by atoms with van der Waals surface area (Å²) in [5.74, 6) is -1.12. The molecule has 0 aliphatic rings. The van der Waals surface area contributed by atoms with Crippen molar-refractivity contribution in [2.75, 3.05) is 19.8 Å². The Labute approximate surface area is 89.0 Å². The molecule has 0 aliphatic heterocycles. The van der Waals surface area contributed by atoms with Crippen LogP contribution in [0.1, 0.15) is 13.8 Å². The summed E-state index contributed by atoms with van der Waals surface area (Å²) in [6.45, 7) is 3.00. The van der Waals surface area contributed by atoms with E-state index in [1.165, 1.54) is 6.08 Å². The normalized spacial score (nSPS) is 12.6. The van der Waals surface area contributed by atoms with Crippen molar-refractivity contribution < 1.29 is 24.9 Å². The Balaban J connectivity index is 4.49. The molecule has 5 heteroatoms. The molecule has 0 aliphatic carbocycles. The second-order valence-corrected chi connectivity index (χ2v) is 3.71. The second-order valence-electron chi connectivity index (χ2n) is 3.71. The first kappa shape index (κ1) is 14.1. The summed E-state index contributed by atoms with van der Waals surface area (Å²) in [6.07, 6.45) is 2.12. The van der Waals surface area contributed by atoms with Crippen LogP contribution in [0.15, 0.2) is 12.2 Å².